The molecule has 0 aromatic heterocycles. The van der Waals surface area contributed by atoms with Gasteiger partial charge in [0.15, 0.2) is 0 Å². The maximum atomic E-state index is 11.7. The molecule has 3 rings (SSSR count). The van der Waals surface area contributed by atoms with Gasteiger partial charge in [-0.05, 0) is 41.2 Å². The molecule has 0 aliphatic carbocycles. The Hall–Kier alpha value is -1.54. The van der Waals surface area contributed by atoms with Gasteiger partial charge in [-0.2, -0.15) is 0 Å². The predicted octanol–water partition coefficient (Wildman–Crippen LogP) is 4.61. The molecule has 1 atom stereocenters. The largest absolute Gasteiger partial charge is 0.302 e. The molecule has 1 heterocycles. The highest BCUT2D eigenvalue weighted by molar-refractivity contribution is 7.99. The standard InChI is InChI=1S/C18H18OS/c1-3-12-9-13(4-2)18-15(10-12)16(11-19)14-7-5-6-8-17(14)20-18/h5-11,16H,3-4H2,1-2H3. The van der Waals surface area contributed by atoms with Crippen LogP contribution in [0.5, 0.6) is 0 Å². The van der Waals surface area contributed by atoms with Crippen molar-refractivity contribution >= 4 is 18.0 Å². The first-order chi connectivity index (χ1) is 9.78. The third-order valence-electron chi connectivity index (χ3n) is 3.98. The van der Waals surface area contributed by atoms with Crippen molar-refractivity contribution in [3.63, 3.8) is 0 Å². The Kier molecular flexibility index (Phi) is 3.66. The van der Waals surface area contributed by atoms with Crippen LogP contribution in [0.3, 0.4) is 0 Å². The summed E-state index contributed by atoms with van der Waals surface area (Å²) in [6.07, 6.45) is 3.12. The van der Waals surface area contributed by atoms with Crippen LogP contribution in [-0.2, 0) is 17.6 Å². The molecule has 20 heavy (non-hydrogen) atoms. The molecule has 0 bridgehead atoms. The van der Waals surface area contributed by atoms with E-state index < -0.39 is 0 Å². The molecule has 0 saturated heterocycles. The van der Waals surface area contributed by atoms with Crippen LogP contribution in [-0.4, -0.2) is 6.29 Å². The normalized spacial score (nSPS) is 16.4. The highest BCUT2D eigenvalue weighted by Gasteiger charge is 2.27. The molecule has 0 N–H and O–H groups in total. The third-order valence-corrected chi connectivity index (χ3v) is 5.27. The summed E-state index contributed by atoms with van der Waals surface area (Å²) in [4.78, 5) is 14.2. The molecule has 2 aromatic rings. The lowest BCUT2D eigenvalue weighted by Crippen LogP contribution is -2.12. The highest BCUT2D eigenvalue weighted by atomic mass is 32.2. The van der Waals surface area contributed by atoms with Crippen LogP contribution in [0, 0.1) is 0 Å². The molecule has 1 aliphatic rings. The first kappa shape index (κ1) is 13.4. The summed E-state index contributed by atoms with van der Waals surface area (Å²) >= 11 is 1.81. The summed E-state index contributed by atoms with van der Waals surface area (Å²) in [6, 6.07) is 12.8. The maximum absolute atomic E-state index is 11.7. The lowest BCUT2D eigenvalue weighted by molar-refractivity contribution is -0.108. The molecule has 102 valence electrons. The predicted molar refractivity (Wildman–Crippen MR) is 83.7 cm³/mol. The van der Waals surface area contributed by atoms with Crippen molar-refractivity contribution in [2.24, 2.45) is 0 Å². The number of aryl methyl sites for hydroxylation is 2. The second-order valence-corrected chi connectivity index (χ2v) is 6.19. The average molecular weight is 282 g/mol. The van der Waals surface area contributed by atoms with Crippen LogP contribution in [0.15, 0.2) is 46.2 Å². The van der Waals surface area contributed by atoms with Gasteiger partial charge in [-0.25, -0.2) is 0 Å². The van der Waals surface area contributed by atoms with Crippen molar-refractivity contribution in [2.45, 2.75) is 42.4 Å². The zero-order valence-electron chi connectivity index (χ0n) is 11.8. The van der Waals surface area contributed by atoms with Crippen LogP contribution in [0.1, 0.15) is 42.0 Å². The van der Waals surface area contributed by atoms with Crippen molar-refractivity contribution < 1.29 is 4.79 Å². The van der Waals surface area contributed by atoms with Crippen molar-refractivity contribution in [3.05, 3.63) is 58.7 Å². The van der Waals surface area contributed by atoms with Gasteiger partial charge in [-0.1, -0.05) is 55.9 Å². The molecule has 1 unspecified atom stereocenters. The third kappa shape index (κ3) is 2.08. The topological polar surface area (TPSA) is 17.1 Å². The number of aldehydes is 1. The number of fused-ring (bicyclic) bond motifs is 2. The van der Waals surface area contributed by atoms with Gasteiger partial charge < -0.3 is 4.79 Å². The van der Waals surface area contributed by atoms with Crippen LogP contribution in [0.2, 0.25) is 0 Å². The second-order valence-electron chi connectivity index (χ2n) is 5.13. The minimum Gasteiger partial charge on any atom is -0.302 e. The Morgan fingerprint density at radius 1 is 1.10 bits per heavy atom. The fourth-order valence-electron chi connectivity index (χ4n) is 2.86. The van der Waals surface area contributed by atoms with Gasteiger partial charge in [-0.15, -0.1) is 0 Å². The van der Waals surface area contributed by atoms with Crippen LogP contribution in [0.25, 0.3) is 0 Å². The summed E-state index contributed by atoms with van der Waals surface area (Å²) in [5.41, 5.74) is 5.04. The van der Waals surface area contributed by atoms with Crippen LogP contribution < -0.4 is 0 Å². The zero-order chi connectivity index (χ0) is 14.1. The summed E-state index contributed by atoms with van der Waals surface area (Å²) in [6.45, 7) is 4.35. The van der Waals surface area contributed by atoms with Gasteiger partial charge in [0.2, 0.25) is 0 Å². The van der Waals surface area contributed by atoms with E-state index in [0.29, 0.717) is 0 Å². The monoisotopic (exact) mass is 282 g/mol. The van der Waals surface area contributed by atoms with E-state index in [1.54, 1.807) is 0 Å². The second kappa shape index (κ2) is 5.45. The lowest BCUT2D eigenvalue weighted by Gasteiger charge is -2.26. The molecule has 0 amide bonds. The van der Waals surface area contributed by atoms with E-state index in [1.807, 2.05) is 23.9 Å². The van der Waals surface area contributed by atoms with Crippen molar-refractivity contribution in [1.82, 2.24) is 0 Å². The van der Waals surface area contributed by atoms with Gasteiger partial charge in [0, 0.05) is 9.79 Å². The van der Waals surface area contributed by atoms with E-state index in [4.69, 9.17) is 0 Å². The molecule has 2 aromatic carbocycles. The summed E-state index contributed by atoms with van der Waals surface area (Å²) < 4.78 is 0. The molecule has 2 heteroatoms. The molecular weight excluding hydrogens is 264 g/mol. The van der Waals surface area contributed by atoms with E-state index in [9.17, 15) is 4.79 Å². The van der Waals surface area contributed by atoms with Crippen LogP contribution >= 0.6 is 11.8 Å². The number of hydrogen-bond acceptors (Lipinski definition) is 2. The Labute approximate surface area is 124 Å². The molecular formula is C18H18OS. The fraction of sp³-hybridized carbons (Fsp3) is 0.278. The fourth-order valence-corrected chi connectivity index (χ4v) is 4.18. The summed E-state index contributed by atoms with van der Waals surface area (Å²) in [5.74, 6) is -0.112. The van der Waals surface area contributed by atoms with E-state index in [-0.39, 0.29) is 5.92 Å². The number of hydrogen-bond donors (Lipinski definition) is 0. The molecule has 0 fully saturated rings. The van der Waals surface area contributed by atoms with Crippen molar-refractivity contribution in [2.75, 3.05) is 0 Å². The quantitative estimate of drug-likeness (QED) is 0.765. The maximum Gasteiger partial charge on any atom is 0.131 e. The Morgan fingerprint density at radius 3 is 2.60 bits per heavy atom. The first-order valence-corrected chi connectivity index (χ1v) is 7.97. The summed E-state index contributed by atoms with van der Waals surface area (Å²) in [5, 5.41) is 0. The number of benzene rings is 2. The van der Waals surface area contributed by atoms with Gasteiger partial charge >= 0.3 is 0 Å². The van der Waals surface area contributed by atoms with Crippen molar-refractivity contribution in [3.8, 4) is 0 Å². The SMILES string of the molecule is CCc1cc(CC)c2c(c1)C(C=O)c1ccccc1S2. The number of rotatable bonds is 3. The Balaban J connectivity index is 2.23. The van der Waals surface area contributed by atoms with Crippen molar-refractivity contribution in [1.29, 1.82) is 0 Å². The molecule has 0 spiro atoms. The Bertz CT molecular complexity index is 660. The summed E-state index contributed by atoms with van der Waals surface area (Å²) in [7, 11) is 0. The van der Waals surface area contributed by atoms with Gasteiger partial charge in [0.1, 0.15) is 6.29 Å². The molecule has 0 saturated carbocycles. The van der Waals surface area contributed by atoms with E-state index in [1.165, 1.54) is 26.5 Å². The average Bonchev–Trinajstić information content (AvgIpc) is 2.51. The molecule has 1 aliphatic heterocycles. The zero-order valence-corrected chi connectivity index (χ0v) is 12.7. The Morgan fingerprint density at radius 2 is 1.90 bits per heavy atom. The smallest absolute Gasteiger partial charge is 0.131 e. The minimum absolute atomic E-state index is 0.112. The number of carbonyl (C=O) groups excluding carboxylic acids is 1. The first-order valence-electron chi connectivity index (χ1n) is 7.16. The van der Waals surface area contributed by atoms with E-state index in [0.717, 1.165) is 24.7 Å². The minimum atomic E-state index is -0.112. The van der Waals surface area contributed by atoms with E-state index in [2.05, 4.69) is 38.1 Å². The van der Waals surface area contributed by atoms with Gasteiger partial charge in [0.05, 0.1) is 5.92 Å². The van der Waals surface area contributed by atoms with Gasteiger partial charge in [0.25, 0.3) is 0 Å². The lowest BCUT2D eigenvalue weighted by atomic mass is 9.88. The van der Waals surface area contributed by atoms with Crippen LogP contribution in [0.4, 0.5) is 0 Å². The van der Waals surface area contributed by atoms with E-state index >= 15 is 0 Å². The molecule has 0 radical (unpaired) electrons. The molecule has 1 nitrogen and oxygen atoms in total. The number of carbonyl (C=O) groups is 1. The van der Waals surface area contributed by atoms with Gasteiger partial charge in [-0.3, -0.25) is 0 Å². The highest BCUT2D eigenvalue weighted by Crippen LogP contribution is 2.47.